The molecule has 2 rings (SSSR count). The first-order chi connectivity index (χ1) is 9.79. The van der Waals surface area contributed by atoms with Crippen molar-refractivity contribution in [3.8, 4) is 0 Å². The first kappa shape index (κ1) is 15.8. The maximum atomic E-state index is 12.7. The Labute approximate surface area is 121 Å². The average Bonchev–Trinajstić information content (AvgIpc) is 2.84. The normalized spacial score (nSPS) is 23.9. The van der Waals surface area contributed by atoms with Crippen molar-refractivity contribution in [2.24, 2.45) is 11.8 Å². The fourth-order valence-electron chi connectivity index (χ4n) is 2.55. The second-order valence-corrected chi connectivity index (χ2v) is 5.60. The van der Waals surface area contributed by atoms with Gasteiger partial charge in [-0.2, -0.15) is 13.2 Å². The van der Waals surface area contributed by atoms with Crippen molar-refractivity contribution in [2.75, 3.05) is 13.1 Å². The standard InChI is InChI=1S/C15H19F3N2O/c1-9-7-19-8-13(9)14(21)20-10(2)11-4-3-5-12(6-11)15(16,17)18/h3-6,9-10,13,19H,7-8H2,1-2H3,(H,20,21)/t9-,10?,13-/m1/s1. The Bertz CT molecular complexity index is 516. The number of alkyl halides is 3. The van der Waals surface area contributed by atoms with E-state index in [9.17, 15) is 18.0 Å². The van der Waals surface area contributed by atoms with Gasteiger partial charge in [0.25, 0.3) is 0 Å². The topological polar surface area (TPSA) is 41.1 Å². The lowest BCUT2D eigenvalue weighted by molar-refractivity contribution is -0.137. The molecule has 21 heavy (non-hydrogen) atoms. The molecule has 1 amide bonds. The smallest absolute Gasteiger partial charge is 0.349 e. The van der Waals surface area contributed by atoms with Gasteiger partial charge in [-0.05, 0) is 37.1 Å². The van der Waals surface area contributed by atoms with E-state index in [1.807, 2.05) is 6.92 Å². The van der Waals surface area contributed by atoms with Crippen molar-refractivity contribution in [1.82, 2.24) is 10.6 Å². The summed E-state index contributed by atoms with van der Waals surface area (Å²) in [6.07, 6.45) is -4.37. The summed E-state index contributed by atoms with van der Waals surface area (Å²) < 4.78 is 38.1. The second kappa shape index (κ2) is 6.05. The van der Waals surface area contributed by atoms with Crippen LogP contribution >= 0.6 is 0 Å². The molecule has 0 aromatic heterocycles. The van der Waals surface area contributed by atoms with Crippen LogP contribution in [0.1, 0.15) is 31.0 Å². The van der Waals surface area contributed by atoms with Crippen LogP contribution < -0.4 is 10.6 Å². The number of amides is 1. The molecule has 1 saturated heterocycles. The predicted octanol–water partition coefficient (Wildman–Crippen LogP) is 2.74. The van der Waals surface area contributed by atoms with Gasteiger partial charge in [0.1, 0.15) is 0 Å². The third-order valence-electron chi connectivity index (χ3n) is 3.93. The van der Waals surface area contributed by atoms with Crippen LogP contribution in [0.25, 0.3) is 0 Å². The quantitative estimate of drug-likeness (QED) is 0.901. The lowest BCUT2D eigenvalue weighted by atomic mass is 9.96. The Morgan fingerprint density at radius 3 is 2.67 bits per heavy atom. The summed E-state index contributed by atoms with van der Waals surface area (Å²) in [6.45, 7) is 5.08. The van der Waals surface area contributed by atoms with Crippen LogP contribution in [-0.2, 0) is 11.0 Å². The van der Waals surface area contributed by atoms with Gasteiger partial charge in [-0.15, -0.1) is 0 Å². The molecule has 0 aliphatic carbocycles. The minimum absolute atomic E-state index is 0.114. The van der Waals surface area contributed by atoms with E-state index in [2.05, 4.69) is 10.6 Å². The van der Waals surface area contributed by atoms with Crippen molar-refractivity contribution < 1.29 is 18.0 Å². The number of benzene rings is 1. The molecule has 0 saturated carbocycles. The Morgan fingerprint density at radius 1 is 1.38 bits per heavy atom. The molecule has 1 fully saturated rings. The molecule has 2 N–H and O–H groups in total. The molecular weight excluding hydrogens is 281 g/mol. The summed E-state index contributed by atoms with van der Waals surface area (Å²) in [7, 11) is 0. The summed E-state index contributed by atoms with van der Waals surface area (Å²) in [5, 5.41) is 5.94. The van der Waals surface area contributed by atoms with Crippen LogP contribution in [0.3, 0.4) is 0 Å². The molecule has 1 unspecified atom stereocenters. The highest BCUT2D eigenvalue weighted by molar-refractivity contribution is 5.80. The maximum absolute atomic E-state index is 12.7. The third-order valence-corrected chi connectivity index (χ3v) is 3.93. The predicted molar refractivity (Wildman–Crippen MR) is 73.5 cm³/mol. The van der Waals surface area contributed by atoms with Crippen LogP contribution in [0.5, 0.6) is 0 Å². The number of hydrogen-bond donors (Lipinski definition) is 2. The molecule has 6 heteroatoms. The molecule has 0 radical (unpaired) electrons. The fraction of sp³-hybridized carbons (Fsp3) is 0.533. The Hall–Kier alpha value is -1.56. The summed E-state index contributed by atoms with van der Waals surface area (Å²) in [4.78, 5) is 12.1. The summed E-state index contributed by atoms with van der Waals surface area (Å²) >= 11 is 0. The number of carbonyl (C=O) groups excluding carboxylic acids is 1. The van der Waals surface area contributed by atoms with Crippen LogP contribution in [0.4, 0.5) is 13.2 Å². The van der Waals surface area contributed by atoms with E-state index in [0.717, 1.165) is 18.7 Å². The monoisotopic (exact) mass is 300 g/mol. The molecule has 0 spiro atoms. The van der Waals surface area contributed by atoms with Gasteiger partial charge in [-0.1, -0.05) is 19.1 Å². The van der Waals surface area contributed by atoms with E-state index in [1.165, 1.54) is 6.07 Å². The molecule has 1 heterocycles. The van der Waals surface area contributed by atoms with Crippen molar-refractivity contribution >= 4 is 5.91 Å². The lowest BCUT2D eigenvalue weighted by Crippen LogP contribution is -2.36. The molecular formula is C15H19F3N2O. The van der Waals surface area contributed by atoms with Crippen LogP contribution in [0.2, 0.25) is 0 Å². The number of hydrogen-bond acceptors (Lipinski definition) is 2. The minimum atomic E-state index is -4.37. The SMILES string of the molecule is CC(NC(=O)[C@@H]1CNC[C@H]1C)c1cccc(C(F)(F)F)c1. The molecule has 1 aromatic carbocycles. The molecule has 1 aromatic rings. The van der Waals surface area contributed by atoms with E-state index in [-0.39, 0.29) is 17.7 Å². The van der Waals surface area contributed by atoms with E-state index < -0.39 is 17.8 Å². The molecule has 0 bridgehead atoms. The number of rotatable bonds is 3. The summed E-state index contributed by atoms with van der Waals surface area (Å²) in [5.74, 6) is -0.00521. The van der Waals surface area contributed by atoms with Gasteiger partial charge in [0.15, 0.2) is 0 Å². The van der Waals surface area contributed by atoms with Gasteiger partial charge in [-0.25, -0.2) is 0 Å². The Kier molecular flexibility index (Phi) is 4.56. The maximum Gasteiger partial charge on any atom is 0.416 e. The lowest BCUT2D eigenvalue weighted by Gasteiger charge is -2.20. The largest absolute Gasteiger partial charge is 0.416 e. The first-order valence-electron chi connectivity index (χ1n) is 6.97. The highest BCUT2D eigenvalue weighted by Gasteiger charge is 2.32. The first-order valence-corrected chi connectivity index (χ1v) is 6.97. The van der Waals surface area contributed by atoms with E-state index in [4.69, 9.17) is 0 Å². The zero-order valence-corrected chi connectivity index (χ0v) is 12.0. The highest BCUT2D eigenvalue weighted by Crippen LogP contribution is 2.30. The highest BCUT2D eigenvalue weighted by atomic mass is 19.4. The van der Waals surface area contributed by atoms with Crippen molar-refractivity contribution in [3.05, 3.63) is 35.4 Å². The van der Waals surface area contributed by atoms with Crippen molar-refractivity contribution in [1.29, 1.82) is 0 Å². The third kappa shape index (κ3) is 3.75. The minimum Gasteiger partial charge on any atom is -0.349 e. The molecule has 1 aliphatic heterocycles. The molecule has 3 atom stereocenters. The fourth-order valence-corrected chi connectivity index (χ4v) is 2.55. The van der Waals surface area contributed by atoms with Gasteiger partial charge >= 0.3 is 6.18 Å². The Balaban J connectivity index is 2.06. The van der Waals surface area contributed by atoms with Gasteiger partial charge in [0.05, 0.1) is 17.5 Å². The van der Waals surface area contributed by atoms with Crippen LogP contribution in [-0.4, -0.2) is 19.0 Å². The summed E-state index contributed by atoms with van der Waals surface area (Å²) in [5.41, 5.74) is -0.242. The Morgan fingerprint density at radius 2 is 2.10 bits per heavy atom. The van der Waals surface area contributed by atoms with Crippen LogP contribution in [0, 0.1) is 11.8 Å². The van der Waals surface area contributed by atoms with Gasteiger partial charge in [0, 0.05) is 6.54 Å². The molecule has 3 nitrogen and oxygen atoms in total. The van der Waals surface area contributed by atoms with Gasteiger partial charge < -0.3 is 10.6 Å². The van der Waals surface area contributed by atoms with Gasteiger partial charge in [-0.3, -0.25) is 4.79 Å². The van der Waals surface area contributed by atoms with Gasteiger partial charge in [0.2, 0.25) is 5.91 Å². The van der Waals surface area contributed by atoms with E-state index in [0.29, 0.717) is 12.1 Å². The summed E-state index contributed by atoms with van der Waals surface area (Å²) in [6, 6.07) is 4.62. The zero-order valence-electron chi connectivity index (χ0n) is 12.0. The van der Waals surface area contributed by atoms with Crippen LogP contribution in [0.15, 0.2) is 24.3 Å². The van der Waals surface area contributed by atoms with Crippen molar-refractivity contribution in [3.63, 3.8) is 0 Å². The average molecular weight is 300 g/mol. The van der Waals surface area contributed by atoms with E-state index >= 15 is 0 Å². The zero-order chi connectivity index (χ0) is 15.6. The number of carbonyl (C=O) groups is 1. The van der Waals surface area contributed by atoms with E-state index in [1.54, 1.807) is 13.0 Å². The second-order valence-electron chi connectivity index (χ2n) is 5.60. The number of halogens is 3. The molecule has 1 aliphatic rings. The number of nitrogens with one attached hydrogen (secondary N) is 2. The van der Waals surface area contributed by atoms with Crippen molar-refractivity contribution in [2.45, 2.75) is 26.1 Å². The molecule has 116 valence electrons.